The number of carbonyl (C=O) groups is 1. The second-order valence-electron chi connectivity index (χ2n) is 9.60. The van der Waals surface area contributed by atoms with Crippen LogP contribution in [0.5, 0.6) is 5.75 Å². The van der Waals surface area contributed by atoms with Crippen molar-refractivity contribution in [2.75, 3.05) is 39.0 Å². The molecule has 0 atom stereocenters. The molecule has 8 nitrogen and oxygen atoms in total. The number of carbonyl (C=O) groups excluding carboxylic acids is 1. The van der Waals surface area contributed by atoms with Crippen molar-refractivity contribution in [3.8, 4) is 5.75 Å². The largest absolute Gasteiger partial charge is 0.484 e. The Balaban J connectivity index is 1.18. The minimum atomic E-state index is -1.81. The number of hydrogen-bond acceptors (Lipinski definition) is 7. The predicted molar refractivity (Wildman–Crippen MR) is 127 cm³/mol. The number of alkyl halides is 1. The molecule has 2 fully saturated rings. The Bertz CT molecular complexity index is 1090. The smallest absolute Gasteiger partial charge is 0.260 e. The van der Waals surface area contributed by atoms with Crippen molar-refractivity contribution < 1.29 is 13.9 Å². The molecule has 180 valence electrons. The molecule has 3 aliphatic rings. The SMILES string of the molecule is CN=C1CC2(CCN(C(=O)C3(F)CCN(Cc4ccnc(N)c4)CC3)CC2)Oc2cccnc21. The molecule has 0 bridgehead atoms. The Kier molecular flexibility index (Phi) is 5.97. The molecule has 0 unspecified atom stereocenters. The van der Waals surface area contributed by atoms with Gasteiger partial charge in [-0.3, -0.25) is 19.7 Å². The molecule has 2 aromatic heterocycles. The predicted octanol–water partition coefficient (Wildman–Crippen LogP) is 2.63. The zero-order valence-electron chi connectivity index (χ0n) is 19.5. The van der Waals surface area contributed by atoms with E-state index in [1.54, 1.807) is 24.3 Å². The standard InChI is InChI=1S/C25H31FN6O2/c1-28-19-16-24(34-20-3-2-9-30-22(19)20)5-13-32(14-6-24)23(33)25(26)7-11-31(12-8-25)17-18-4-10-29-21(27)15-18/h2-4,9-10,15H,5-8,11-14,16-17H2,1H3,(H2,27,29). The number of likely N-dealkylation sites (tertiary alicyclic amines) is 2. The second-order valence-corrected chi connectivity index (χ2v) is 9.60. The second kappa shape index (κ2) is 8.94. The van der Waals surface area contributed by atoms with Crippen LogP contribution in [0.15, 0.2) is 41.7 Å². The summed E-state index contributed by atoms with van der Waals surface area (Å²) in [5.74, 6) is 0.836. The maximum atomic E-state index is 15.8. The van der Waals surface area contributed by atoms with Gasteiger partial charge in [-0.05, 0) is 29.8 Å². The van der Waals surface area contributed by atoms with Gasteiger partial charge in [0, 0.05) is 84.3 Å². The van der Waals surface area contributed by atoms with Gasteiger partial charge in [0.2, 0.25) is 0 Å². The van der Waals surface area contributed by atoms with Gasteiger partial charge in [0.05, 0.1) is 5.71 Å². The molecule has 0 aliphatic carbocycles. The van der Waals surface area contributed by atoms with Crippen LogP contribution in [0.4, 0.5) is 10.2 Å². The summed E-state index contributed by atoms with van der Waals surface area (Å²) in [5, 5.41) is 0. The number of fused-ring (bicyclic) bond motifs is 1. The first kappa shape index (κ1) is 22.7. The van der Waals surface area contributed by atoms with Gasteiger partial charge in [-0.2, -0.15) is 0 Å². The summed E-state index contributed by atoms with van der Waals surface area (Å²) in [5.41, 5.74) is 6.30. The lowest BCUT2D eigenvalue weighted by atomic mass is 9.82. The zero-order valence-corrected chi connectivity index (χ0v) is 19.5. The summed E-state index contributed by atoms with van der Waals surface area (Å²) in [7, 11) is 1.77. The normalized spacial score (nSPS) is 22.9. The van der Waals surface area contributed by atoms with Crippen LogP contribution < -0.4 is 10.5 Å². The molecule has 9 heteroatoms. The molecule has 0 saturated carbocycles. The molecule has 5 rings (SSSR count). The average Bonchev–Trinajstić information content (AvgIpc) is 2.85. The number of aromatic nitrogens is 2. The Hall–Kier alpha value is -3.07. The van der Waals surface area contributed by atoms with Crippen LogP contribution >= 0.6 is 0 Å². The van der Waals surface area contributed by atoms with E-state index >= 15 is 4.39 Å². The molecule has 1 spiro atoms. The number of piperidine rings is 2. The van der Waals surface area contributed by atoms with E-state index in [-0.39, 0.29) is 18.7 Å². The Morgan fingerprint density at radius 3 is 2.62 bits per heavy atom. The fraction of sp³-hybridized carbons (Fsp3) is 0.520. The molecule has 2 N–H and O–H groups in total. The highest BCUT2D eigenvalue weighted by molar-refractivity contribution is 6.02. The number of ether oxygens (including phenoxy) is 1. The highest BCUT2D eigenvalue weighted by Gasteiger charge is 2.48. The van der Waals surface area contributed by atoms with Gasteiger partial charge in [-0.15, -0.1) is 0 Å². The van der Waals surface area contributed by atoms with Crippen LogP contribution in [0.1, 0.15) is 43.4 Å². The van der Waals surface area contributed by atoms with Crippen molar-refractivity contribution in [1.29, 1.82) is 0 Å². The van der Waals surface area contributed by atoms with E-state index < -0.39 is 11.3 Å². The highest BCUT2D eigenvalue weighted by Crippen LogP contribution is 2.40. The molecule has 1 amide bonds. The summed E-state index contributed by atoms with van der Waals surface area (Å²) in [6, 6.07) is 7.52. The van der Waals surface area contributed by atoms with Crippen LogP contribution in [0.2, 0.25) is 0 Å². The van der Waals surface area contributed by atoms with Crippen molar-refractivity contribution in [3.63, 3.8) is 0 Å². The van der Waals surface area contributed by atoms with E-state index in [0.717, 1.165) is 22.7 Å². The number of nitrogens with two attached hydrogens (primary N) is 1. The minimum absolute atomic E-state index is 0.205. The van der Waals surface area contributed by atoms with Gasteiger partial charge >= 0.3 is 0 Å². The van der Waals surface area contributed by atoms with Gasteiger partial charge in [-0.25, -0.2) is 9.37 Å². The summed E-state index contributed by atoms with van der Waals surface area (Å²) in [6.45, 7) is 2.71. The lowest BCUT2D eigenvalue weighted by Crippen LogP contribution is -2.57. The first-order valence-electron chi connectivity index (χ1n) is 11.9. The molecule has 2 aromatic rings. The molecule has 34 heavy (non-hydrogen) atoms. The van der Waals surface area contributed by atoms with Crippen LogP contribution in [-0.4, -0.2) is 75.9 Å². The first-order chi connectivity index (χ1) is 16.4. The number of pyridine rings is 2. The number of rotatable bonds is 3. The van der Waals surface area contributed by atoms with Crippen molar-refractivity contribution in [3.05, 3.63) is 47.9 Å². The van der Waals surface area contributed by atoms with Gasteiger partial charge < -0.3 is 15.4 Å². The summed E-state index contributed by atoms with van der Waals surface area (Å²) >= 11 is 0. The van der Waals surface area contributed by atoms with Gasteiger partial charge in [0.25, 0.3) is 5.91 Å². The molecule has 3 aliphatic heterocycles. The molecule has 0 radical (unpaired) electrons. The minimum Gasteiger partial charge on any atom is -0.484 e. The van der Waals surface area contributed by atoms with Crippen molar-refractivity contribution >= 4 is 17.4 Å². The molecular weight excluding hydrogens is 435 g/mol. The van der Waals surface area contributed by atoms with Gasteiger partial charge in [0.15, 0.2) is 5.67 Å². The first-order valence-corrected chi connectivity index (χ1v) is 11.9. The quantitative estimate of drug-likeness (QED) is 0.747. The number of nitrogen functional groups attached to an aromatic ring is 1. The lowest BCUT2D eigenvalue weighted by Gasteiger charge is -2.46. The third-order valence-corrected chi connectivity index (χ3v) is 7.38. The number of halogens is 1. The number of aliphatic imine (C=N–C) groups is 1. The van der Waals surface area contributed by atoms with Crippen molar-refractivity contribution in [1.82, 2.24) is 19.8 Å². The maximum Gasteiger partial charge on any atom is 0.260 e. The van der Waals surface area contributed by atoms with E-state index in [1.165, 1.54) is 0 Å². The van der Waals surface area contributed by atoms with E-state index in [1.807, 2.05) is 24.3 Å². The topological polar surface area (TPSA) is 96.9 Å². The Morgan fingerprint density at radius 1 is 1.15 bits per heavy atom. The van der Waals surface area contributed by atoms with E-state index in [4.69, 9.17) is 10.5 Å². The van der Waals surface area contributed by atoms with Crippen LogP contribution in [-0.2, 0) is 11.3 Å². The summed E-state index contributed by atoms with van der Waals surface area (Å²) in [6.07, 6.45) is 5.79. The third kappa shape index (κ3) is 4.36. The number of amides is 1. The molecular formula is C25H31FN6O2. The fourth-order valence-corrected chi connectivity index (χ4v) is 5.34. The lowest BCUT2D eigenvalue weighted by molar-refractivity contribution is -0.151. The molecule has 5 heterocycles. The van der Waals surface area contributed by atoms with Gasteiger partial charge in [0.1, 0.15) is 22.9 Å². The molecule has 2 saturated heterocycles. The Labute approximate surface area is 199 Å². The molecule has 0 aromatic carbocycles. The summed E-state index contributed by atoms with van der Waals surface area (Å²) < 4.78 is 22.1. The zero-order chi connectivity index (χ0) is 23.8. The fourth-order valence-electron chi connectivity index (χ4n) is 5.34. The monoisotopic (exact) mass is 466 g/mol. The van der Waals surface area contributed by atoms with E-state index in [0.29, 0.717) is 57.8 Å². The Morgan fingerprint density at radius 2 is 1.91 bits per heavy atom. The van der Waals surface area contributed by atoms with E-state index in [9.17, 15) is 4.79 Å². The van der Waals surface area contributed by atoms with Crippen molar-refractivity contribution in [2.24, 2.45) is 4.99 Å². The third-order valence-electron chi connectivity index (χ3n) is 7.38. The highest BCUT2D eigenvalue weighted by atomic mass is 19.1. The van der Waals surface area contributed by atoms with Crippen LogP contribution in [0, 0.1) is 0 Å². The van der Waals surface area contributed by atoms with Crippen molar-refractivity contribution in [2.45, 2.75) is 49.9 Å². The number of nitrogens with zero attached hydrogens (tertiary/aromatic N) is 5. The van der Waals surface area contributed by atoms with E-state index in [2.05, 4.69) is 19.9 Å². The average molecular weight is 467 g/mol. The van der Waals surface area contributed by atoms with Crippen LogP contribution in [0.3, 0.4) is 0 Å². The van der Waals surface area contributed by atoms with Gasteiger partial charge in [-0.1, -0.05) is 0 Å². The maximum absolute atomic E-state index is 15.8. The number of hydrogen-bond donors (Lipinski definition) is 1. The number of anilines is 1. The van der Waals surface area contributed by atoms with Crippen LogP contribution in [0.25, 0.3) is 0 Å². The summed E-state index contributed by atoms with van der Waals surface area (Å²) in [4.78, 5) is 29.9.